The summed E-state index contributed by atoms with van der Waals surface area (Å²) < 4.78 is 1.77. The van der Waals surface area contributed by atoms with Crippen molar-refractivity contribution in [3.63, 3.8) is 0 Å². The number of rotatable bonds is 6. The first-order chi connectivity index (χ1) is 8.29. The first kappa shape index (κ1) is 11.7. The van der Waals surface area contributed by atoms with Crippen molar-refractivity contribution >= 4 is 0 Å². The van der Waals surface area contributed by atoms with Crippen molar-refractivity contribution in [1.82, 2.24) is 35.6 Å². The minimum atomic E-state index is 0.466. The van der Waals surface area contributed by atoms with Crippen molar-refractivity contribution in [2.45, 2.75) is 33.2 Å². The topological polar surface area (TPSA) is 85.2 Å². The molecule has 0 spiro atoms. The van der Waals surface area contributed by atoms with E-state index in [1.165, 1.54) is 0 Å². The summed E-state index contributed by atoms with van der Waals surface area (Å²) in [4.78, 5) is 0. The lowest BCUT2D eigenvalue weighted by atomic mass is 9.88. The number of hydrogen-bond acceptors (Lipinski definition) is 5. The number of tetrazole rings is 1. The van der Waals surface area contributed by atoms with E-state index in [2.05, 4.69) is 44.8 Å². The maximum Gasteiger partial charge on any atom is 0.138 e. The van der Waals surface area contributed by atoms with Gasteiger partial charge in [-0.15, -0.1) is 5.10 Å². The van der Waals surface area contributed by atoms with Crippen molar-refractivity contribution in [3.8, 4) is 0 Å². The molecule has 7 heteroatoms. The quantitative estimate of drug-likeness (QED) is 0.796. The molecule has 2 aromatic heterocycles. The smallest absolute Gasteiger partial charge is 0.138 e. The first-order valence-electron chi connectivity index (χ1n) is 5.85. The summed E-state index contributed by atoms with van der Waals surface area (Å²) in [6.45, 7) is 5.25. The second kappa shape index (κ2) is 5.51. The Morgan fingerprint density at radius 3 is 2.94 bits per heavy atom. The van der Waals surface area contributed by atoms with Gasteiger partial charge >= 0.3 is 0 Å². The molecular formula is C10H17N7. The molecule has 2 unspecified atom stereocenters. The van der Waals surface area contributed by atoms with E-state index in [1.807, 2.05) is 0 Å². The molecule has 0 aliphatic rings. The highest BCUT2D eigenvalue weighted by molar-refractivity contribution is 4.93. The van der Waals surface area contributed by atoms with Gasteiger partial charge in [-0.05, 0) is 28.7 Å². The molecule has 0 radical (unpaired) electrons. The SMILES string of the molecule is CCC(C)C(Cc1cn[nH]n1)Cn1cnnn1. The average molecular weight is 235 g/mol. The first-order valence-corrected chi connectivity index (χ1v) is 5.85. The number of aromatic amines is 1. The molecule has 0 aliphatic carbocycles. The fourth-order valence-electron chi connectivity index (χ4n) is 1.88. The molecule has 17 heavy (non-hydrogen) atoms. The highest BCUT2D eigenvalue weighted by atomic mass is 15.5. The van der Waals surface area contributed by atoms with Crippen molar-refractivity contribution in [2.75, 3.05) is 0 Å². The maximum absolute atomic E-state index is 4.10. The van der Waals surface area contributed by atoms with E-state index >= 15 is 0 Å². The lowest BCUT2D eigenvalue weighted by molar-refractivity contribution is 0.288. The zero-order valence-corrected chi connectivity index (χ0v) is 10.1. The lowest BCUT2D eigenvalue weighted by Gasteiger charge is -2.21. The van der Waals surface area contributed by atoms with E-state index in [0.29, 0.717) is 11.8 Å². The van der Waals surface area contributed by atoms with Gasteiger partial charge in [-0.1, -0.05) is 20.3 Å². The van der Waals surface area contributed by atoms with E-state index in [1.54, 1.807) is 17.2 Å². The van der Waals surface area contributed by atoms with Crippen LogP contribution in [0.25, 0.3) is 0 Å². The van der Waals surface area contributed by atoms with Crippen LogP contribution >= 0.6 is 0 Å². The van der Waals surface area contributed by atoms with Gasteiger partial charge in [0.2, 0.25) is 0 Å². The molecule has 0 amide bonds. The predicted octanol–water partition coefficient (Wildman–Crippen LogP) is 0.696. The van der Waals surface area contributed by atoms with Gasteiger partial charge in [-0.2, -0.15) is 15.4 Å². The summed E-state index contributed by atoms with van der Waals surface area (Å²) in [6, 6.07) is 0. The van der Waals surface area contributed by atoms with Gasteiger partial charge in [0.1, 0.15) is 6.33 Å². The van der Waals surface area contributed by atoms with Crippen molar-refractivity contribution in [2.24, 2.45) is 11.8 Å². The Kier molecular flexibility index (Phi) is 3.79. The van der Waals surface area contributed by atoms with E-state index in [9.17, 15) is 0 Å². The molecule has 0 saturated carbocycles. The summed E-state index contributed by atoms with van der Waals surface area (Å²) in [6.07, 6.45) is 5.45. The van der Waals surface area contributed by atoms with Crippen LogP contribution in [0.15, 0.2) is 12.5 Å². The van der Waals surface area contributed by atoms with Crippen LogP contribution in [-0.4, -0.2) is 35.6 Å². The van der Waals surface area contributed by atoms with Crippen LogP contribution in [-0.2, 0) is 13.0 Å². The maximum atomic E-state index is 4.10. The van der Waals surface area contributed by atoms with Crippen LogP contribution in [0.5, 0.6) is 0 Å². The van der Waals surface area contributed by atoms with Gasteiger partial charge in [0, 0.05) is 6.54 Å². The third kappa shape index (κ3) is 3.08. The van der Waals surface area contributed by atoms with Gasteiger partial charge in [0.05, 0.1) is 11.9 Å². The summed E-state index contributed by atoms with van der Waals surface area (Å²) in [5.74, 6) is 1.06. The molecule has 0 aromatic carbocycles. The average Bonchev–Trinajstić information content (AvgIpc) is 3.00. The molecule has 1 N–H and O–H groups in total. The molecule has 2 atom stereocenters. The molecule has 0 bridgehead atoms. The van der Waals surface area contributed by atoms with Gasteiger partial charge in [-0.25, -0.2) is 4.68 Å². The minimum Gasteiger partial charge on any atom is -0.232 e. The Morgan fingerprint density at radius 2 is 2.35 bits per heavy atom. The van der Waals surface area contributed by atoms with Crippen LogP contribution in [0.2, 0.25) is 0 Å². The molecule has 0 saturated heterocycles. The monoisotopic (exact) mass is 235 g/mol. The largest absolute Gasteiger partial charge is 0.232 e. The zero-order chi connectivity index (χ0) is 12.1. The third-order valence-corrected chi connectivity index (χ3v) is 3.20. The van der Waals surface area contributed by atoms with Crippen molar-refractivity contribution < 1.29 is 0 Å². The fourth-order valence-corrected chi connectivity index (χ4v) is 1.88. The summed E-state index contributed by atoms with van der Waals surface area (Å²) >= 11 is 0. The van der Waals surface area contributed by atoms with Gasteiger partial charge < -0.3 is 0 Å². The number of H-pyrrole nitrogens is 1. The second-order valence-electron chi connectivity index (χ2n) is 4.34. The van der Waals surface area contributed by atoms with Crippen LogP contribution in [0.4, 0.5) is 0 Å². The van der Waals surface area contributed by atoms with Gasteiger partial charge in [-0.3, -0.25) is 0 Å². The molecule has 0 fully saturated rings. The summed E-state index contributed by atoms with van der Waals surface area (Å²) in [5, 5.41) is 21.8. The van der Waals surface area contributed by atoms with E-state index in [4.69, 9.17) is 0 Å². The zero-order valence-electron chi connectivity index (χ0n) is 10.1. The van der Waals surface area contributed by atoms with E-state index in [-0.39, 0.29) is 0 Å². The number of hydrogen-bond donors (Lipinski definition) is 1. The van der Waals surface area contributed by atoms with Crippen LogP contribution in [0.3, 0.4) is 0 Å². The van der Waals surface area contributed by atoms with E-state index < -0.39 is 0 Å². The van der Waals surface area contributed by atoms with Crippen LogP contribution < -0.4 is 0 Å². The number of nitrogens with one attached hydrogen (secondary N) is 1. The summed E-state index contributed by atoms with van der Waals surface area (Å²) in [5.41, 5.74) is 0.989. The predicted molar refractivity (Wildman–Crippen MR) is 60.8 cm³/mol. The standard InChI is InChI=1S/C10H17N7/c1-3-8(2)9(4-10-5-11-14-13-10)6-17-7-12-15-16-17/h5,7-9H,3-4,6H2,1-2H3,(H,11,13,14). The molecule has 2 rings (SSSR count). The molecule has 0 aliphatic heterocycles. The Morgan fingerprint density at radius 1 is 1.47 bits per heavy atom. The lowest BCUT2D eigenvalue weighted by Crippen LogP contribution is -2.21. The van der Waals surface area contributed by atoms with Crippen molar-refractivity contribution in [3.05, 3.63) is 18.2 Å². The summed E-state index contributed by atoms with van der Waals surface area (Å²) in [7, 11) is 0. The Bertz CT molecular complexity index is 372. The van der Waals surface area contributed by atoms with Crippen LogP contribution in [0, 0.1) is 11.8 Å². The second-order valence-corrected chi connectivity index (χ2v) is 4.34. The molecule has 2 aromatic rings. The minimum absolute atomic E-state index is 0.466. The van der Waals surface area contributed by atoms with Crippen LogP contribution in [0.1, 0.15) is 26.0 Å². The van der Waals surface area contributed by atoms with E-state index in [0.717, 1.165) is 25.1 Å². The van der Waals surface area contributed by atoms with Crippen molar-refractivity contribution in [1.29, 1.82) is 0 Å². The number of aromatic nitrogens is 7. The highest BCUT2D eigenvalue weighted by Gasteiger charge is 2.18. The van der Waals surface area contributed by atoms with Gasteiger partial charge in [0.25, 0.3) is 0 Å². The Balaban J connectivity index is 2.03. The normalized spacial score (nSPS) is 14.7. The van der Waals surface area contributed by atoms with Gasteiger partial charge in [0.15, 0.2) is 0 Å². The molecular weight excluding hydrogens is 218 g/mol. The third-order valence-electron chi connectivity index (χ3n) is 3.20. The molecule has 92 valence electrons. The Labute approximate surface area is 99.6 Å². The highest BCUT2D eigenvalue weighted by Crippen LogP contribution is 2.20. The Hall–Kier alpha value is -1.79. The molecule has 7 nitrogen and oxygen atoms in total. The number of nitrogens with zero attached hydrogens (tertiary/aromatic N) is 6. The molecule has 2 heterocycles. The fraction of sp³-hybridized carbons (Fsp3) is 0.700.